The number of methoxy groups -OCH3 is 1. The zero-order chi connectivity index (χ0) is 14.3. The Bertz CT molecular complexity index is 660. The molecule has 3 rings (SSSR count). The molecule has 0 spiro atoms. The third kappa shape index (κ3) is 2.10. The van der Waals surface area contributed by atoms with Crippen molar-refractivity contribution < 1.29 is 9.53 Å². The molecule has 1 atom stereocenters. The number of rotatable bonds is 2. The van der Waals surface area contributed by atoms with Crippen LogP contribution in [-0.4, -0.2) is 42.1 Å². The van der Waals surface area contributed by atoms with Gasteiger partial charge >= 0.3 is 0 Å². The van der Waals surface area contributed by atoms with E-state index in [0.717, 1.165) is 35.1 Å². The first-order valence-corrected chi connectivity index (χ1v) is 7.01. The van der Waals surface area contributed by atoms with Crippen molar-refractivity contribution in [3.63, 3.8) is 0 Å². The SMILES string of the molecule is COC1CCN(C(=O)c2ccc3[nH]c(C)c(C)c3c2)C1. The van der Waals surface area contributed by atoms with Gasteiger partial charge in [-0.15, -0.1) is 0 Å². The number of ether oxygens (including phenoxy) is 1. The zero-order valence-electron chi connectivity index (χ0n) is 12.2. The number of hydrogen-bond donors (Lipinski definition) is 1. The Labute approximate surface area is 118 Å². The van der Waals surface area contributed by atoms with Gasteiger partial charge in [0.15, 0.2) is 0 Å². The standard InChI is InChI=1S/C16H20N2O2/c1-10-11(2)17-15-5-4-12(8-14(10)15)16(19)18-7-6-13(9-18)20-3/h4-5,8,13,17H,6-7,9H2,1-3H3. The average molecular weight is 272 g/mol. The minimum Gasteiger partial charge on any atom is -0.380 e. The summed E-state index contributed by atoms with van der Waals surface area (Å²) >= 11 is 0. The highest BCUT2D eigenvalue weighted by molar-refractivity contribution is 5.99. The first-order valence-electron chi connectivity index (χ1n) is 7.01. The molecule has 1 N–H and O–H groups in total. The number of aromatic nitrogens is 1. The second-order valence-electron chi connectivity index (χ2n) is 5.53. The quantitative estimate of drug-likeness (QED) is 0.913. The number of aryl methyl sites for hydroxylation is 2. The molecule has 1 aliphatic heterocycles. The topological polar surface area (TPSA) is 45.3 Å². The van der Waals surface area contributed by atoms with Crippen molar-refractivity contribution in [1.82, 2.24) is 9.88 Å². The van der Waals surface area contributed by atoms with E-state index in [4.69, 9.17) is 4.74 Å². The molecule has 4 nitrogen and oxygen atoms in total. The lowest BCUT2D eigenvalue weighted by atomic mass is 10.1. The molecule has 106 valence electrons. The molecule has 1 aromatic heterocycles. The molecular weight excluding hydrogens is 252 g/mol. The Balaban J connectivity index is 1.90. The Morgan fingerprint density at radius 1 is 1.40 bits per heavy atom. The van der Waals surface area contributed by atoms with Gasteiger partial charge in [0.05, 0.1) is 6.10 Å². The van der Waals surface area contributed by atoms with Gasteiger partial charge in [0.1, 0.15) is 0 Å². The number of carbonyl (C=O) groups is 1. The second kappa shape index (κ2) is 4.94. The second-order valence-corrected chi connectivity index (χ2v) is 5.53. The average Bonchev–Trinajstić information content (AvgIpc) is 3.04. The van der Waals surface area contributed by atoms with Crippen LogP contribution in [0.1, 0.15) is 28.0 Å². The number of aromatic amines is 1. The number of H-pyrrole nitrogens is 1. The smallest absolute Gasteiger partial charge is 0.253 e. The van der Waals surface area contributed by atoms with Gasteiger partial charge < -0.3 is 14.6 Å². The molecule has 0 bridgehead atoms. The number of amides is 1. The molecule has 0 saturated carbocycles. The summed E-state index contributed by atoms with van der Waals surface area (Å²) in [4.78, 5) is 17.7. The molecular formula is C16H20N2O2. The molecule has 4 heteroatoms. The lowest BCUT2D eigenvalue weighted by Gasteiger charge is -2.16. The van der Waals surface area contributed by atoms with Gasteiger partial charge in [-0.1, -0.05) is 0 Å². The van der Waals surface area contributed by atoms with Gasteiger partial charge in [0.2, 0.25) is 0 Å². The van der Waals surface area contributed by atoms with Crippen LogP contribution < -0.4 is 0 Å². The molecule has 0 radical (unpaired) electrons. The maximum Gasteiger partial charge on any atom is 0.253 e. The Morgan fingerprint density at radius 2 is 2.20 bits per heavy atom. The predicted octanol–water partition coefficient (Wildman–Crippen LogP) is 2.65. The molecule has 1 unspecified atom stereocenters. The minimum atomic E-state index is 0.102. The summed E-state index contributed by atoms with van der Waals surface area (Å²) in [5.74, 6) is 0.102. The van der Waals surface area contributed by atoms with Crippen LogP contribution in [0.25, 0.3) is 10.9 Å². The predicted molar refractivity (Wildman–Crippen MR) is 79.1 cm³/mol. The van der Waals surface area contributed by atoms with E-state index >= 15 is 0 Å². The van der Waals surface area contributed by atoms with E-state index in [9.17, 15) is 4.79 Å². The largest absolute Gasteiger partial charge is 0.380 e. The molecule has 1 saturated heterocycles. The summed E-state index contributed by atoms with van der Waals surface area (Å²) in [7, 11) is 1.70. The molecule has 1 fully saturated rings. The van der Waals surface area contributed by atoms with Crippen LogP contribution in [0, 0.1) is 13.8 Å². The number of nitrogens with zero attached hydrogens (tertiary/aromatic N) is 1. The fraction of sp³-hybridized carbons (Fsp3) is 0.438. The Morgan fingerprint density at radius 3 is 2.90 bits per heavy atom. The van der Waals surface area contributed by atoms with Crippen molar-refractivity contribution in [2.45, 2.75) is 26.4 Å². The number of hydrogen-bond acceptors (Lipinski definition) is 2. The molecule has 20 heavy (non-hydrogen) atoms. The molecule has 1 amide bonds. The normalized spacial score (nSPS) is 18.9. The number of benzene rings is 1. The van der Waals surface area contributed by atoms with Crippen molar-refractivity contribution in [2.75, 3.05) is 20.2 Å². The summed E-state index contributed by atoms with van der Waals surface area (Å²) in [6.45, 7) is 5.61. The van der Waals surface area contributed by atoms with E-state index in [0.29, 0.717) is 6.54 Å². The Kier molecular flexibility index (Phi) is 3.26. The zero-order valence-corrected chi connectivity index (χ0v) is 12.2. The summed E-state index contributed by atoms with van der Waals surface area (Å²) in [5.41, 5.74) is 4.22. The lowest BCUT2D eigenvalue weighted by molar-refractivity contribution is 0.0724. The van der Waals surface area contributed by atoms with Gasteiger partial charge in [-0.2, -0.15) is 0 Å². The maximum atomic E-state index is 12.5. The molecule has 0 aliphatic carbocycles. The van der Waals surface area contributed by atoms with Crippen LogP contribution >= 0.6 is 0 Å². The molecule has 2 aromatic rings. The fourth-order valence-electron chi connectivity index (χ4n) is 2.88. The summed E-state index contributed by atoms with van der Waals surface area (Å²) < 4.78 is 5.32. The van der Waals surface area contributed by atoms with Crippen LogP contribution in [0.3, 0.4) is 0 Å². The van der Waals surface area contributed by atoms with Crippen LogP contribution in [0.15, 0.2) is 18.2 Å². The van der Waals surface area contributed by atoms with E-state index in [1.165, 1.54) is 5.56 Å². The molecule has 1 aliphatic rings. The monoisotopic (exact) mass is 272 g/mol. The molecule has 2 heterocycles. The van der Waals surface area contributed by atoms with Crippen molar-refractivity contribution in [1.29, 1.82) is 0 Å². The van der Waals surface area contributed by atoms with E-state index in [1.54, 1.807) is 7.11 Å². The van der Waals surface area contributed by atoms with Gasteiger partial charge in [-0.3, -0.25) is 4.79 Å². The lowest BCUT2D eigenvalue weighted by Crippen LogP contribution is -2.29. The third-order valence-corrected chi connectivity index (χ3v) is 4.32. The summed E-state index contributed by atoms with van der Waals surface area (Å²) in [6, 6.07) is 5.89. The highest BCUT2D eigenvalue weighted by atomic mass is 16.5. The fourth-order valence-corrected chi connectivity index (χ4v) is 2.88. The van der Waals surface area contributed by atoms with Crippen LogP contribution in [0.2, 0.25) is 0 Å². The highest BCUT2D eigenvalue weighted by Crippen LogP contribution is 2.24. The van der Waals surface area contributed by atoms with E-state index in [-0.39, 0.29) is 12.0 Å². The van der Waals surface area contributed by atoms with Crippen molar-refractivity contribution in [2.24, 2.45) is 0 Å². The first kappa shape index (κ1) is 13.2. The van der Waals surface area contributed by atoms with Gasteiger partial charge in [0.25, 0.3) is 5.91 Å². The molecule has 1 aromatic carbocycles. The first-order chi connectivity index (χ1) is 9.60. The number of likely N-dealkylation sites (tertiary alicyclic amines) is 1. The minimum absolute atomic E-state index is 0.102. The maximum absolute atomic E-state index is 12.5. The van der Waals surface area contributed by atoms with Gasteiger partial charge in [-0.25, -0.2) is 0 Å². The Hall–Kier alpha value is -1.81. The van der Waals surface area contributed by atoms with E-state index in [1.807, 2.05) is 23.1 Å². The van der Waals surface area contributed by atoms with Crippen LogP contribution in [0.4, 0.5) is 0 Å². The number of carbonyl (C=O) groups excluding carboxylic acids is 1. The van der Waals surface area contributed by atoms with Gasteiger partial charge in [0, 0.05) is 42.4 Å². The van der Waals surface area contributed by atoms with Crippen molar-refractivity contribution in [3.8, 4) is 0 Å². The van der Waals surface area contributed by atoms with Crippen molar-refractivity contribution >= 4 is 16.8 Å². The van der Waals surface area contributed by atoms with Gasteiger partial charge in [-0.05, 0) is 44.0 Å². The number of fused-ring (bicyclic) bond motifs is 1. The van der Waals surface area contributed by atoms with E-state index < -0.39 is 0 Å². The van der Waals surface area contributed by atoms with E-state index in [2.05, 4.69) is 18.8 Å². The summed E-state index contributed by atoms with van der Waals surface area (Å²) in [5, 5.41) is 1.14. The third-order valence-electron chi connectivity index (χ3n) is 4.32. The highest BCUT2D eigenvalue weighted by Gasteiger charge is 2.26. The van der Waals surface area contributed by atoms with Crippen molar-refractivity contribution in [3.05, 3.63) is 35.0 Å². The van der Waals surface area contributed by atoms with Crippen LogP contribution in [-0.2, 0) is 4.74 Å². The number of nitrogens with one attached hydrogen (secondary N) is 1. The summed E-state index contributed by atoms with van der Waals surface area (Å²) in [6.07, 6.45) is 1.10. The van der Waals surface area contributed by atoms with Crippen LogP contribution in [0.5, 0.6) is 0 Å².